The van der Waals surface area contributed by atoms with Crippen LogP contribution in [0.5, 0.6) is 0 Å². The fourth-order valence-corrected chi connectivity index (χ4v) is 3.97. The first-order valence-electron chi connectivity index (χ1n) is 9.01. The molecule has 3 aromatic rings. The number of aryl methyl sites for hydroxylation is 2. The highest BCUT2D eigenvalue weighted by molar-refractivity contribution is 9.10. The van der Waals surface area contributed by atoms with E-state index in [-0.39, 0.29) is 5.91 Å². The molecule has 0 spiro atoms. The van der Waals surface area contributed by atoms with Crippen LogP contribution in [0.15, 0.2) is 67.6 Å². The second kappa shape index (κ2) is 7.96. The maximum atomic E-state index is 12.9. The Morgan fingerprint density at radius 3 is 2.59 bits per heavy atom. The number of hydrazone groups is 1. The predicted octanol–water partition coefficient (Wildman–Crippen LogP) is 6.06. The average Bonchev–Trinajstić information content (AvgIpc) is 3.29. The Kier molecular flexibility index (Phi) is 5.38. The van der Waals surface area contributed by atoms with Gasteiger partial charge >= 0.3 is 0 Å². The predicted molar refractivity (Wildman–Crippen MR) is 120 cm³/mol. The molecular weight excluding hydrogens is 450 g/mol. The minimum atomic E-state index is -0.734. The minimum Gasteiger partial charge on any atom is -0.269 e. The lowest BCUT2D eigenvalue weighted by Gasteiger charge is -2.08. The van der Waals surface area contributed by atoms with E-state index in [0.717, 1.165) is 21.3 Å². The molecule has 1 unspecified atom stereocenters. The highest BCUT2D eigenvalue weighted by Crippen LogP contribution is 2.31. The average molecular weight is 468 g/mol. The van der Waals surface area contributed by atoms with Crippen molar-refractivity contribution in [3.05, 3.63) is 63.4 Å². The van der Waals surface area contributed by atoms with E-state index in [9.17, 15) is 4.79 Å². The number of thiazole rings is 1. The fraction of sp³-hybridized carbons (Fsp3) is 0.190. The van der Waals surface area contributed by atoms with Crippen molar-refractivity contribution in [1.82, 2.24) is 4.98 Å². The van der Waals surface area contributed by atoms with Crippen LogP contribution in [0, 0.1) is 13.8 Å². The third kappa shape index (κ3) is 4.04. The summed E-state index contributed by atoms with van der Waals surface area (Å²) < 4.78 is 0.949. The fourth-order valence-electron chi connectivity index (χ4n) is 2.81. The van der Waals surface area contributed by atoms with Gasteiger partial charge in [0.15, 0.2) is 6.04 Å². The number of rotatable bonds is 4. The van der Waals surface area contributed by atoms with E-state index in [0.29, 0.717) is 16.5 Å². The number of halogens is 1. The maximum absolute atomic E-state index is 12.9. The Morgan fingerprint density at radius 1 is 1.10 bits per heavy atom. The molecule has 0 saturated carbocycles. The molecule has 1 aliphatic heterocycles. The lowest BCUT2D eigenvalue weighted by atomic mass is 10.1. The third-order valence-corrected chi connectivity index (χ3v) is 6.23. The summed E-state index contributed by atoms with van der Waals surface area (Å²) in [7, 11) is 0. The summed E-state index contributed by atoms with van der Waals surface area (Å²) in [5.41, 5.74) is 5.40. The van der Waals surface area contributed by atoms with E-state index in [2.05, 4.69) is 36.2 Å². The topological polar surface area (TPSA) is 70.3 Å². The van der Waals surface area contributed by atoms with Crippen molar-refractivity contribution in [3.63, 3.8) is 0 Å². The molecule has 1 atom stereocenters. The Labute approximate surface area is 181 Å². The Bertz CT molecular complexity index is 1140. The van der Waals surface area contributed by atoms with Crippen LogP contribution in [-0.4, -0.2) is 22.6 Å². The van der Waals surface area contributed by atoms with Crippen molar-refractivity contribution < 1.29 is 4.79 Å². The van der Waals surface area contributed by atoms with E-state index in [1.165, 1.54) is 21.9 Å². The van der Waals surface area contributed by atoms with Crippen LogP contribution in [0.2, 0.25) is 0 Å². The summed E-state index contributed by atoms with van der Waals surface area (Å²) in [4.78, 5) is 17.5. The summed E-state index contributed by atoms with van der Waals surface area (Å²) in [5, 5.41) is 16.6. The lowest BCUT2D eigenvalue weighted by Crippen LogP contribution is -2.29. The van der Waals surface area contributed by atoms with Crippen LogP contribution in [0.4, 0.5) is 10.8 Å². The maximum Gasteiger partial charge on any atom is 0.282 e. The molecule has 0 aliphatic carbocycles. The molecular formula is C21H18BrN5OS. The van der Waals surface area contributed by atoms with Crippen LogP contribution >= 0.6 is 27.3 Å². The quantitative estimate of drug-likeness (QED) is 0.437. The number of hydrogen-bond acceptors (Lipinski definition) is 6. The second-order valence-corrected chi connectivity index (χ2v) is 8.52. The number of azo groups is 1. The summed E-state index contributed by atoms with van der Waals surface area (Å²) in [6.07, 6.45) is 0. The standard InChI is InChI=1S/C21H18BrN5OS/c1-12-4-7-15(8-5-12)18-11-29-21(23-18)27-20(28)19(14(3)26-27)25-24-16-9-6-13(2)17(22)10-16/h4-11,19H,1-3H3. The van der Waals surface area contributed by atoms with Gasteiger partial charge in [0.25, 0.3) is 5.91 Å². The molecule has 0 saturated heterocycles. The molecule has 0 N–H and O–H groups in total. The summed E-state index contributed by atoms with van der Waals surface area (Å²) >= 11 is 4.86. The number of carbonyl (C=O) groups is 1. The van der Waals surface area contributed by atoms with Crippen LogP contribution in [-0.2, 0) is 4.79 Å². The van der Waals surface area contributed by atoms with Crippen LogP contribution in [0.3, 0.4) is 0 Å². The van der Waals surface area contributed by atoms with Crippen molar-refractivity contribution in [3.8, 4) is 11.3 Å². The van der Waals surface area contributed by atoms with Crippen molar-refractivity contribution in [2.45, 2.75) is 26.8 Å². The van der Waals surface area contributed by atoms with Gasteiger partial charge in [0.2, 0.25) is 5.13 Å². The second-order valence-electron chi connectivity index (χ2n) is 6.82. The van der Waals surface area contributed by atoms with Gasteiger partial charge in [0.1, 0.15) is 0 Å². The first-order valence-corrected chi connectivity index (χ1v) is 10.7. The van der Waals surface area contributed by atoms with Gasteiger partial charge in [-0.1, -0.05) is 51.8 Å². The normalized spacial score (nSPS) is 16.7. The first-order chi connectivity index (χ1) is 13.9. The molecule has 6 nitrogen and oxygen atoms in total. The van der Waals surface area contributed by atoms with Gasteiger partial charge < -0.3 is 0 Å². The van der Waals surface area contributed by atoms with E-state index in [1.807, 2.05) is 61.7 Å². The van der Waals surface area contributed by atoms with Crippen molar-refractivity contribution >= 4 is 49.7 Å². The SMILES string of the molecule is CC1=NN(c2nc(-c3ccc(C)cc3)cs2)C(=O)C1N=Nc1ccc(C)c(Br)c1. The smallest absolute Gasteiger partial charge is 0.269 e. The van der Waals surface area contributed by atoms with Gasteiger partial charge in [-0.05, 0) is 38.5 Å². The molecule has 29 heavy (non-hydrogen) atoms. The molecule has 146 valence electrons. The van der Waals surface area contributed by atoms with Gasteiger partial charge in [-0.15, -0.1) is 11.3 Å². The number of nitrogens with zero attached hydrogens (tertiary/aromatic N) is 5. The highest BCUT2D eigenvalue weighted by atomic mass is 79.9. The Balaban J connectivity index is 1.54. The molecule has 8 heteroatoms. The van der Waals surface area contributed by atoms with E-state index < -0.39 is 6.04 Å². The number of aromatic nitrogens is 1. The number of amides is 1. The van der Waals surface area contributed by atoms with Gasteiger partial charge in [-0.25, -0.2) is 4.98 Å². The molecule has 4 rings (SSSR count). The molecule has 2 heterocycles. The molecule has 0 fully saturated rings. The number of anilines is 1. The largest absolute Gasteiger partial charge is 0.282 e. The summed E-state index contributed by atoms with van der Waals surface area (Å²) in [6.45, 7) is 5.82. The molecule has 1 aromatic heterocycles. The van der Waals surface area contributed by atoms with Gasteiger partial charge in [0, 0.05) is 15.4 Å². The lowest BCUT2D eigenvalue weighted by molar-refractivity contribution is -0.117. The van der Waals surface area contributed by atoms with Crippen LogP contribution < -0.4 is 5.01 Å². The van der Waals surface area contributed by atoms with Crippen molar-refractivity contribution in [2.75, 3.05) is 5.01 Å². The van der Waals surface area contributed by atoms with E-state index in [4.69, 9.17) is 0 Å². The highest BCUT2D eigenvalue weighted by Gasteiger charge is 2.36. The molecule has 0 bridgehead atoms. The zero-order chi connectivity index (χ0) is 20.5. The zero-order valence-electron chi connectivity index (χ0n) is 16.1. The van der Waals surface area contributed by atoms with Gasteiger partial charge in [-0.3, -0.25) is 4.79 Å². The minimum absolute atomic E-state index is 0.248. The number of hydrogen-bond donors (Lipinski definition) is 0. The van der Waals surface area contributed by atoms with Crippen LogP contribution in [0.1, 0.15) is 18.1 Å². The van der Waals surface area contributed by atoms with Gasteiger partial charge in [-0.2, -0.15) is 20.3 Å². The molecule has 0 radical (unpaired) electrons. The monoisotopic (exact) mass is 467 g/mol. The van der Waals surface area contributed by atoms with Crippen LogP contribution in [0.25, 0.3) is 11.3 Å². The first kappa shape index (κ1) is 19.6. The summed E-state index contributed by atoms with van der Waals surface area (Å²) in [6, 6.07) is 13.1. The van der Waals surface area contributed by atoms with Gasteiger partial charge in [0.05, 0.1) is 17.1 Å². The molecule has 1 amide bonds. The van der Waals surface area contributed by atoms with Crippen molar-refractivity contribution in [1.29, 1.82) is 0 Å². The zero-order valence-corrected chi connectivity index (χ0v) is 18.5. The number of carbonyl (C=O) groups excluding carboxylic acids is 1. The summed E-state index contributed by atoms with van der Waals surface area (Å²) in [5.74, 6) is -0.248. The Hall–Kier alpha value is -2.71. The van der Waals surface area contributed by atoms with E-state index >= 15 is 0 Å². The van der Waals surface area contributed by atoms with Crippen molar-refractivity contribution in [2.24, 2.45) is 15.3 Å². The third-order valence-electron chi connectivity index (χ3n) is 4.56. The number of benzene rings is 2. The molecule has 2 aromatic carbocycles. The van der Waals surface area contributed by atoms with E-state index in [1.54, 1.807) is 6.92 Å². The molecule has 1 aliphatic rings. The Morgan fingerprint density at radius 2 is 1.86 bits per heavy atom.